The van der Waals surface area contributed by atoms with E-state index in [0.29, 0.717) is 5.56 Å². The maximum atomic E-state index is 13.4. The average molecular weight is 308 g/mol. The molecule has 0 fully saturated rings. The number of rotatable bonds is 4. The fourth-order valence-electron chi connectivity index (χ4n) is 1.80. The molecular weight excluding hydrogens is 297 g/mol. The van der Waals surface area contributed by atoms with Crippen molar-refractivity contribution < 1.29 is 14.3 Å². The quantitative estimate of drug-likeness (QED) is 0.808. The van der Waals surface area contributed by atoms with E-state index >= 15 is 0 Å². The zero-order valence-electron chi connectivity index (χ0n) is 10.7. The maximum absolute atomic E-state index is 13.4. The second-order valence-electron chi connectivity index (χ2n) is 4.30. The van der Waals surface area contributed by atoms with Gasteiger partial charge in [0.2, 0.25) is 0 Å². The van der Waals surface area contributed by atoms with Crippen LogP contribution in [0.2, 0.25) is 5.02 Å². The third kappa shape index (κ3) is 3.40. The van der Waals surface area contributed by atoms with Crippen molar-refractivity contribution in [3.05, 3.63) is 58.1 Å². The minimum absolute atomic E-state index is 0.0361. The SMILES string of the molecule is N#Cc1cc(C(=O)NC(CO)c2ccc(Cl)c(F)c2)c[nH]1. The smallest absolute Gasteiger partial charge is 0.253 e. The number of amides is 1. The second kappa shape index (κ2) is 6.39. The van der Waals surface area contributed by atoms with Crippen LogP contribution in [0.4, 0.5) is 4.39 Å². The highest BCUT2D eigenvalue weighted by Gasteiger charge is 2.17. The molecule has 1 aromatic heterocycles. The summed E-state index contributed by atoms with van der Waals surface area (Å²) in [4.78, 5) is 14.6. The molecule has 0 bridgehead atoms. The van der Waals surface area contributed by atoms with E-state index in [4.69, 9.17) is 16.9 Å². The van der Waals surface area contributed by atoms with Crippen LogP contribution >= 0.6 is 11.6 Å². The summed E-state index contributed by atoms with van der Waals surface area (Å²) >= 11 is 5.59. The van der Waals surface area contributed by atoms with Crippen molar-refractivity contribution in [2.24, 2.45) is 0 Å². The first-order chi connectivity index (χ1) is 10.0. The van der Waals surface area contributed by atoms with Gasteiger partial charge < -0.3 is 15.4 Å². The summed E-state index contributed by atoms with van der Waals surface area (Å²) in [7, 11) is 0. The molecule has 0 spiro atoms. The molecule has 2 rings (SSSR count). The number of nitriles is 1. The highest BCUT2D eigenvalue weighted by molar-refractivity contribution is 6.30. The van der Waals surface area contributed by atoms with Gasteiger partial charge in [0.15, 0.2) is 0 Å². The van der Waals surface area contributed by atoms with Crippen LogP contribution in [-0.4, -0.2) is 22.6 Å². The monoisotopic (exact) mass is 307 g/mol. The van der Waals surface area contributed by atoms with Crippen LogP contribution in [0.1, 0.15) is 27.7 Å². The van der Waals surface area contributed by atoms with Crippen LogP contribution in [0.5, 0.6) is 0 Å². The molecule has 7 heteroatoms. The van der Waals surface area contributed by atoms with Gasteiger partial charge in [0.05, 0.1) is 23.2 Å². The molecule has 5 nitrogen and oxygen atoms in total. The predicted octanol–water partition coefficient (Wildman–Crippen LogP) is 2.14. The molecule has 21 heavy (non-hydrogen) atoms. The third-order valence-electron chi connectivity index (χ3n) is 2.90. The number of nitrogens with one attached hydrogen (secondary N) is 2. The first-order valence-corrected chi connectivity index (χ1v) is 6.38. The summed E-state index contributed by atoms with van der Waals surface area (Å²) < 4.78 is 13.4. The number of aliphatic hydroxyl groups excluding tert-OH is 1. The number of benzene rings is 1. The molecule has 3 N–H and O–H groups in total. The molecule has 1 amide bonds. The van der Waals surface area contributed by atoms with Gasteiger partial charge in [0, 0.05) is 6.20 Å². The average Bonchev–Trinajstić information content (AvgIpc) is 2.96. The fraction of sp³-hybridized carbons (Fsp3) is 0.143. The molecule has 2 aromatic rings. The summed E-state index contributed by atoms with van der Waals surface area (Å²) in [6, 6.07) is 6.50. The van der Waals surface area contributed by atoms with Gasteiger partial charge in [-0.3, -0.25) is 4.79 Å². The summed E-state index contributed by atoms with van der Waals surface area (Å²) in [5.41, 5.74) is 0.890. The first-order valence-electron chi connectivity index (χ1n) is 6.00. The van der Waals surface area contributed by atoms with Crippen LogP contribution in [0.25, 0.3) is 0 Å². The van der Waals surface area contributed by atoms with Crippen molar-refractivity contribution in [1.82, 2.24) is 10.3 Å². The van der Waals surface area contributed by atoms with E-state index in [-0.39, 0.29) is 16.3 Å². The lowest BCUT2D eigenvalue weighted by molar-refractivity contribution is 0.0916. The highest BCUT2D eigenvalue weighted by atomic mass is 35.5. The molecular formula is C14H11ClFN3O2. The Morgan fingerprint density at radius 2 is 2.29 bits per heavy atom. The number of carbonyl (C=O) groups excluding carboxylic acids is 1. The lowest BCUT2D eigenvalue weighted by atomic mass is 10.1. The Kier molecular flexibility index (Phi) is 4.58. The van der Waals surface area contributed by atoms with Crippen molar-refractivity contribution >= 4 is 17.5 Å². The number of halogens is 2. The number of aromatic amines is 1. The maximum Gasteiger partial charge on any atom is 0.253 e. The second-order valence-corrected chi connectivity index (χ2v) is 4.70. The van der Waals surface area contributed by atoms with Gasteiger partial charge in [-0.25, -0.2) is 4.39 Å². The summed E-state index contributed by atoms with van der Waals surface area (Å²) in [6.45, 7) is -0.400. The van der Waals surface area contributed by atoms with Crippen LogP contribution in [0.15, 0.2) is 30.5 Å². The Morgan fingerprint density at radius 1 is 1.52 bits per heavy atom. The van der Waals surface area contributed by atoms with Crippen LogP contribution < -0.4 is 5.32 Å². The minimum atomic E-state index is -0.773. The Hall–Kier alpha value is -2.36. The van der Waals surface area contributed by atoms with Gasteiger partial charge in [-0.2, -0.15) is 5.26 Å². The third-order valence-corrected chi connectivity index (χ3v) is 3.21. The van der Waals surface area contributed by atoms with E-state index in [2.05, 4.69) is 10.3 Å². The number of aliphatic hydroxyl groups is 1. The molecule has 0 aliphatic heterocycles. The molecule has 1 heterocycles. The topological polar surface area (TPSA) is 88.9 Å². The molecule has 1 aromatic carbocycles. The van der Waals surface area contributed by atoms with E-state index in [1.165, 1.54) is 24.4 Å². The zero-order chi connectivity index (χ0) is 15.4. The zero-order valence-corrected chi connectivity index (χ0v) is 11.5. The van der Waals surface area contributed by atoms with Gasteiger partial charge in [0.1, 0.15) is 17.6 Å². The van der Waals surface area contributed by atoms with Crippen molar-refractivity contribution in [1.29, 1.82) is 5.26 Å². The van der Waals surface area contributed by atoms with E-state index in [1.54, 1.807) is 0 Å². The Morgan fingerprint density at radius 3 is 2.86 bits per heavy atom. The van der Waals surface area contributed by atoms with Gasteiger partial charge in [0.25, 0.3) is 5.91 Å². The molecule has 1 atom stereocenters. The van der Waals surface area contributed by atoms with Crippen LogP contribution in [0, 0.1) is 17.1 Å². The largest absolute Gasteiger partial charge is 0.394 e. The Balaban J connectivity index is 2.16. The van der Waals surface area contributed by atoms with Crippen LogP contribution in [-0.2, 0) is 0 Å². The van der Waals surface area contributed by atoms with Crippen molar-refractivity contribution in [2.75, 3.05) is 6.61 Å². The van der Waals surface area contributed by atoms with Gasteiger partial charge in [-0.15, -0.1) is 0 Å². The van der Waals surface area contributed by atoms with E-state index in [1.807, 2.05) is 6.07 Å². The van der Waals surface area contributed by atoms with E-state index < -0.39 is 24.4 Å². The molecule has 0 radical (unpaired) electrons. The molecule has 108 valence electrons. The predicted molar refractivity (Wildman–Crippen MR) is 74.2 cm³/mol. The number of carbonyl (C=O) groups is 1. The Bertz CT molecular complexity index is 708. The first kappa shape index (κ1) is 15.0. The molecule has 0 aliphatic rings. The minimum Gasteiger partial charge on any atom is -0.394 e. The van der Waals surface area contributed by atoms with Gasteiger partial charge in [-0.05, 0) is 23.8 Å². The van der Waals surface area contributed by atoms with Crippen LogP contribution in [0.3, 0.4) is 0 Å². The standard InChI is InChI=1S/C14H11ClFN3O2/c15-11-2-1-8(4-12(11)16)13(7-20)19-14(21)9-3-10(5-17)18-6-9/h1-4,6,13,18,20H,7H2,(H,19,21). The molecule has 0 aliphatic carbocycles. The fourth-order valence-corrected chi connectivity index (χ4v) is 1.91. The number of hydrogen-bond acceptors (Lipinski definition) is 3. The summed E-state index contributed by atoms with van der Waals surface area (Å²) in [6.07, 6.45) is 1.38. The number of H-pyrrole nitrogens is 1. The lowest BCUT2D eigenvalue weighted by Gasteiger charge is -2.16. The number of hydrogen-bond donors (Lipinski definition) is 3. The number of aromatic nitrogens is 1. The van der Waals surface area contributed by atoms with E-state index in [0.717, 1.165) is 6.07 Å². The highest BCUT2D eigenvalue weighted by Crippen LogP contribution is 2.20. The molecule has 0 saturated carbocycles. The molecule has 1 unspecified atom stereocenters. The summed E-state index contributed by atoms with van der Waals surface area (Å²) in [5, 5.41) is 20.6. The normalized spacial score (nSPS) is 11.7. The van der Waals surface area contributed by atoms with Gasteiger partial charge >= 0.3 is 0 Å². The molecule has 0 saturated heterocycles. The van der Waals surface area contributed by atoms with Crippen molar-refractivity contribution in [3.63, 3.8) is 0 Å². The lowest BCUT2D eigenvalue weighted by Crippen LogP contribution is -2.30. The Labute approximate surface area is 125 Å². The van der Waals surface area contributed by atoms with E-state index in [9.17, 15) is 14.3 Å². The van der Waals surface area contributed by atoms with Gasteiger partial charge in [-0.1, -0.05) is 17.7 Å². The summed E-state index contributed by atoms with van der Waals surface area (Å²) in [5.74, 6) is -1.11. The van der Waals surface area contributed by atoms with Crippen molar-refractivity contribution in [2.45, 2.75) is 6.04 Å². The van der Waals surface area contributed by atoms with Crippen molar-refractivity contribution in [3.8, 4) is 6.07 Å². The number of nitrogens with zero attached hydrogens (tertiary/aromatic N) is 1.